The molecule has 1 heterocycles. The zero-order valence-corrected chi connectivity index (χ0v) is 15.7. The summed E-state index contributed by atoms with van der Waals surface area (Å²) >= 11 is 1.29. The summed E-state index contributed by atoms with van der Waals surface area (Å²) in [5.41, 5.74) is 1.49. The van der Waals surface area contributed by atoms with Crippen LogP contribution in [0.25, 0.3) is 0 Å². The first-order valence-corrected chi connectivity index (χ1v) is 9.72. The summed E-state index contributed by atoms with van der Waals surface area (Å²) in [6, 6.07) is 19.9. The van der Waals surface area contributed by atoms with Gasteiger partial charge < -0.3 is 25.2 Å². The molecule has 0 saturated carbocycles. The van der Waals surface area contributed by atoms with Crippen LogP contribution in [0.4, 0.5) is 0 Å². The molecule has 0 radical (unpaired) electrons. The molecule has 0 bridgehead atoms. The number of hydrogen-bond acceptors (Lipinski definition) is 7. The van der Waals surface area contributed by atoms with E-state index in [0.29, 0.717) is 13.1 Å². The molecule has 0 amide bonds. The Morgan fingerprint density at radius 2 is 1.41 bits per heavy atom. The predicted molar refractivity (Wildman–Crippen MR) is 103 cm³/mol. The van der Waals surface area contributed by atoms with E-state index in [1.54, 1.807) is 0 Å². The van der Waals surface area contributed by atoms with Crippen LogP contribution in [0.15, 0.2) is 60.7 Å². The highest BCUT2D eigenvalue weighted by Crippen LogP contribution is 2.34. The summed E-state index contributed by atoms with van der Waals surface area (Å²) in [6.07, 6.45) is -4.66. The first kappa shape index (κ1) is 20.3. The minimum absolute atomic E-state index is 0.538. The van der Waals surface area contributed by atoms with Crippen molar-refractivity contribution in [1.82, 2.24) is 4.31 Å². The molecule has 1 aliphatic heterocycles. The Labute approximate surface area is 163 Å². The van der Waals surface area contributed by atoms with E-state index in [0.717, 1.165) is 11.1 Å². The van der Waals surface area contributed by atoms with Gasteiger partial charge in [0.15, 0.2) is 0 Å². The van der Waals surface area contributed by atoms with Crippen LogP contribution in [0.2, 0.25) is 0 Å². The van der Waals surface area contributed by atoms with E-state index in [9.17, 15) is 15.3 Å². The second-order valence-electron chi connectivity index (χ2n) is 6.57. The van der Waals surface area contributed by atoms with Gasteiger partial charge in [0.2, 0.25) is 0 Å². The lowest BCUT2D eigenvalue weighted by Crippen LogP contribution is -2.40. The molecule has 1 fully saturated rings. The molecule has 7 heteroatoms. The van der Waals surface area contributed by atoms with Crippen molar-refractivity contribution in [2.75, 3.05) is 6.61 Å². The van der Waals surface area contributed by atoms with E-state index in [2.05, 4.69) is 4.31 Å². The predicted octanol–water partition coefficient (Wildman–Crippen LogP) is 1.14. The Morgan fingerprint density at radius 3 is 1.89 bits per heavy atom. The van der Waals surface area contributed by atoms with Crippen molar-refractivity contribution in [3.05, 3.63) is 71.8 Å². The third-order valence-electron chi connectivity index (χ3n) is 4.48. The summed E-state index contributed by atoms with van der Waals surface area (Å²) in [7, 11) is 0. The van der Waals surface area contributed by atoms with Crippen LogP contribution in [0.1, 0.15) is 11.1 Å². The standard InChI is InChI=1S/C20H25NO5S/c22-13-16(23)19-17(24)18(25)20(26-19)27-21(11-14-7-3-1-4-8-14)12-15-9-5-2-6-10-15/h1-10,16-20,22-25H,11-13H2/t16-,17-,18-,19+,20?/m1/s1. The molecule has 1 unspecified atom stereocenters. The Hall–Kier alpha value is -1.45. The molecular weight excluding hydrogens is 366 g/mol. The Balaban J connectivity index is 1.72. The van der Waals surface area contributed by atoms with Gasteiger partial charge in [0.25, 0.3) is 0 Å². The van der Waals surface area contributed by atoms with Crippen molar-refractivity contribution in [2.24, 2.45) is 0 Å². The number of rotatable bonds is 8. The van der Waals surface area contributed by atoms with E-state index in [1.165, 1.54) is 11.9 Å². The number of hydrogen-bond donors (Lipinski definition) is 4. The second-order valence-corrected chi connectivity index (χ2v) is 7.77. The van der Waals surface area contributed by atoms with E-state index in [1.807, 2.05) is 60.7 Å². The average molecular weight is 391 g/mol. The lowest BCUT2D eigenvalue weighted by molar-refractivity contribution is -0.0715. The molecule has 0 aliphatic carbocycles. The van der Waals surface area contributed by atoms with Gasteiger partial charge in [0.05, 0.1) is 6.61 Å². The molecule has 0 aromatic heterocycles. The molecular formula is C20H25NO5S. The van der Waals surface area contributed by atoms with Crippen LogP contribution in [0.5, 0.6) is 0 Å². The van der Waals surface area contributed by atoms with E-state index >= 15 is 0 Å². The van der Waals surface area contributed by atoms with Gasteiger partial charge in [-0.1, -0.05) is 60.7 Å². The minimum Gasteiger partial charge on any atom is -0.394 e. The molecule has 146 valence electrons. The average Bonchev–Trinajstić information content (AvgIpc) is 2.97. The first-order valence-electron chi connectivity index (χ1n) is 8.88. The maximum Gasteiger partial charge on any atom is 0.146 e. The monoisotopic (exact) mass is 391 g/mol. The Morgan fingerprint density at radius 1 is 0.889 bits per heavy atom. The lowest BCUT2D eigenvalue weighted by Gasteiger charge is -2.26. The highest BCUT2D eigenvalue weighted by Gasteiger charge is 2.46. The summed E-state index contributed by atoms with van der Waals surface area (Å²) in [5.74, 6) is 0. The van der Waals surface area contributed by atoms with Crippen LogP contribution < -0.4 is 0 Å². The van der Waals surface area contributed by atoms with Crippen molar-refractivity contribution in [1.29, 1.82) is 0 Å². The number of ether oxygens (including phenoxy) is 1. The molecule has 1 aliphatic rings. The van der Waals surface area contributed by atoms with Crippen LogP contribution >= 0.6 is 11.9 Å². The molecule has 4 N–H and O–H groups in total. The lowest BCUT2D eigenvalue weighted by atomic mass is 10.1. The highest BCUT2D eigenvalue weighted by atomic mass is 32.2. The van der Waals surface area contributed by atoms with Gasteiger partial charge in [0.1, 0.15) is 29.9 Å². The van der Waals surface area contributed by atoms with E-state index < -0.39 is 36.5 Å². The van der Waals surface area contributed by atoms with Gasteiger partial charge in [-0.25, -0.2) is 4.31 Å². The molecule has 2 aromatic rings. The largest absolute Gasteiger partial charge is 0.394 e. The molecule has 1 saturated heterocycles. The van der Waals surface area contributed by atoms with Gasteiger partial charge in [-0.15, -0.1) is 0 Å². The van der Waals surface area contributed by atoms with Gasteiger partial charge in [-0.05, 0) is 23.1 Å². The van der Waals surface area contributed by atoms with Gasteiger partial charge in [-0.2, -0.15) is 0 Å². The smallest absolute Gasteiger partial charge is 0.146 e. The first-order chi connectivity index (χ1) is 13.1. The number of benzene rings is 2. The second kappa shape index (κ2) is 9.66. The fraction of sp³-hybridized carbons (Fsp3) is 0.400. The molecule has 2 aromatic carbocycles. The zero-order valence-electron chi connectivity index (χ0n) is 14.8. The van der Waals surface area contributed by atoms with Crippen LogP contribution in [-0.4, -0.2) is 61.2 Å². The van der Waals surface area contributed by atoms with Crippen molar-refractivity contribution in [3.63, 3.8) is 0 Å². The Bertz CT molecular complexity index is 648. The molecule has 27 heavy (non-hydrogen) atoms. The molecule has 5 atom stereocenters. The minimum atomic E-state index is -1.25. The summed E-state index contributed by atoms with van der Waals surface area (Å²) in [4.78, 5) is 0. The number of nitrogens with zero attached hydrogens (tertiary/aromatic N) is 1. The highest BCUT2D eigenvalue weighted by molar-refractivity contribution is 7.97. The third kappa shape index (κ3) is 5.30. The van der Waals surface area contributed by atoms with Crippen molar-refractivity contribution in [3.8, 4) is 0 Å². The van der Waals surface area contributed by atoms with Gasteiger partial charge in [0, 0.05) is 13.1 Å². The van der Waals surface area contributed by atoms with Crippen LogP contribution in [0.3, 0.4) is 0 Å². The summed E-state index contributed by atoms with van der Waals surface area (Å²) in [6.45, 7) is 0.705. The normalized spacial score (nSPS) is 26.4. The van der Waals surface area contributed by atoms with Crippen LogP contribution in [-0.2, 0) is 17.8 Å². The number of aliphatic hydroxyl groups excluding tert-OH is 4. The van der Waals surface area contributed by atoms with Crippen LogP contribution in [0, 0.1) is 0 Å². The summed E-state index contributed by atoms with van der Waals surface area (Å²) < 4.78 is 7.71. The van der Waals surface area contributed by atoms with Gasteiger partial charge in [-0.3, -0.25) is 0 Å². The van der Waals surface area contributed by atoms with E-state index in [-0.39, 0.29) is 0 Å². The number of aliphatic hydroxyl groups is 4. The Kier molecular flexibility index (Phi) is 7.26. The van der Waals surface area contributed by atoms with Crippen molar-refractivity contribution >= 4 is 11.9 Å². The molecule has 6 nitrogen and oxygen atoms in total. The van der Waals surface area contributed by atoms with Gasteiger partial charge >= 0.3 is 0 Å². The fourth-order valence-electron chi connectivity index (χ4n) is 3.03. The SMILES string of the molecule is OC[C@@H](O)[C@@H]1OC(SN(Cc2ccccc2)Cc2ccccc2)[C@H](O)[C@H]1O. The fourth-order valence-corrected chi connectivity index (χ4v) is 4.24. The molecule has 0 spiro atoms. The quantitative estimate of drug-likeness (QED) is 0.502. The third-order valence-corrected chi connectivity index (χ3v) is 5.63. The maximum atomic E-state index is 10.3. The molecule has 3 rings (SSSR count). The van der Waals surface area contributed by atoms with E-state index in [4.69, 9.17) is 9.84 Å². The maximum absolute atomic E-state index is 10.3. The van der Waals surface area contributed by atoms with Crippen molar-refractivity contribution in [2.45, 2.75) is 42.9 Å². The zero-order chi connectivity index (χ0) is 19.2. The summed E-state index contributed by atoms with van der Waals surface area (Å²) in [5, 5.41) is 39.4. The van der Waals surface area contributed by atoms with Crippen molar-refractivity contribution < 1.29 is 25.2 Å². The topological polar surface area (TPSA) is 93.4 Å².